The number of aromatic nitrogens is 2. The minimum absolute atomic E-state index is 0.0286. The summed E-state index contributed by atoms with van der Waals surface area (Å²) in [5.41, 5.74) is 2.81. The molecule has 1 aromatic carbocycles. The number of hydrogen-bond acceptors (Lipinski definition) is 3. The van der Waals surface area contributed by atoms with Crippen molar-refractivity contribution < 1.29 is 4.79 Å². The van der Waals surface area contributed by atoms with Crippen molar-refractivity contribution in [3.63, 3.8) is 0 Å². The highest BCUT2D eigenvalue weighted by Crippen LogP contribution is 2.22. The third-order valence-electron chi connectivity index (χ3n) is 4.37. The number of nitrogens with one attached hydrogen (secondary N) is 2. The number of carbonyl (C=O) groups is 1. The molecule has 1 heterocycles. The monoisotopic (exact) mass is 342 g/mol. The Hall–Kier alpha value is -2.14. The van der Waals surface area contributed by atoms with Crippen molar-refractivity contribution in [2.45, 2.75) is 59.5 Å². The van der Waals surface area contributed by atoms with Crippen molar-refractivity contribution in [3.8, 4) is 0 Å². The van der Waals surface area contributed by atoms with Gasteiger partial charge < -0.3 is 5.32 Å². The van der Waals surface area contributed by atoms with Gasteiger partial charge in [0.1, 0.15) is 0 Å². The second kappa shape index (κ2) is 7.83. The topological polar surface area (TPSA) is 61.0 Å². The predicted octanol–water partition coefficient (Wildman–Crippen LogP) is 4.19. The summed E-state index contributed by atoms with van der Waals surface area (Å²) in [5, 5.41) is 10.0. The number of H-pyrrole nitrogens is 1. The van der Waals surface area contributed by atoms with Crippen LogP contribution < -0.4 is 5.32 Å². The van der Waals surface area contributed by atoms with Gasteiger partial charge >= 0.3 is 0 Å². The Labute approximate surface area is 150 Å². The van der Waals surface area contributed by atoms with E-state index in [1.165, 1.54) is 5.56 Å². The fraction of sp³-hybridized carbons (Fsp3) is 0.500. The van der Waals surface area contributed by atoms with E-state index in [9.17, 15) is 4.79 Å². The quantitative estimate of drug-likeness (QED) is 0.827. The van der Waals surface area contributed by atoms with E-state index in [4.69, 9.17) is 0 Å². The molecule has 0 radical (unpaired) electrons. The zero-order chi connectivity index (χ0) is 18.6. The van der Waals surface area contributed by atoms with Crippen LogP contribution in [-0.4, -0.2) is 33.6 Å². The SMILES string of the molecule is CCN(Cc1ccc(C(=O)Nc2cc(C(C)(C)C)[nH]n2)cc1)C(C)C. The van der Waals surface area contributed by atoms with E-state index in [-0.39, 0.29) is 11.3 Å². The Balaban J connectivity index is 2.02. The highest BCUT2D eigenvalue weighted by atomic mass is 16.1. The maximum absolute atomic E-state index is 12.4. The third-order valence-corrected chi connectivity index (χ3v) is 4.37. The minimum atomic E-state index is -0.144. The lowest BCUT2D eigenvalue weighted by Gasteiger charge is -2.24. The van der Waals surface area contributed by atoms with Gasteiger partial charge in [0.2, 0.25) is 0 Å². The van der Waals surface area contributed by atoms with Gasteiger partial charge in [-0.2, -0.15) is 5.10 Å². The molecular weight excluding hydrogens is 312 g/mol. The second-order valence-corrected chi connectivity index (χ2v) is 7.72. The van der Waals surface area contributed by atoms with E-state index >= 15 is 0 Å². The van der Waals surface area contributed by atoms with Crippen LogP contribution in [0.1, 0.15) is 63.2 Å². The first-order valence-corrected chi connectivity index (χ1v) is 8.91. The molecular formula is C20H30N4O. The van der Waals surface area contributed by atoms with Gasteiger partial charge in [0.25, 0.3) is 5.91 Å². The van der Waals surface area contributed by atoms with Gasteiger partial charge in [-0.1, -0.05) is 39.8 Å². The van der Waals surface area contributed by atoms with E-state index in [1.54, 1.807) is 0 Å². The number of aromatic amines is 1. The number of nitrogens with zero attached hydrogens (tertiary/aromatic N) is 2. The maximum atomic E-state index is 12.4. The number of rotatable bonds is 6. The summed E-state index contributed by atoms with van der Waals surface area (Å²) in [6.45, 7) is 14.8. The van der Waals surface area contributed by atoms with Crippen LogP contribution in [0.15, 0.2) is 30.3 Å². The minimum Gasteiger partial charge on any atom is -0.305 e. The molecule has 0 spiro atoms. The smallest absolute Gasteiger partial charge is 0.256 e. The van der Waals surface area contributed by atoms with Crippen LogP contribution in [-0.2, 0) is 12.0 Å². The molecule has 5 heteroatoms. The summed E-state index contributed by atoms with van der Waals surface area (Å²) in [6, 6.07) is 10.2. The molecule has 2 N–H and O–H groups in total. The lowest BCUT2D eigenvalue weighted by atomic mass is 9.92. The zero-order valence-electron chi connectivity index (χ0n) is 16.2. The largest absolute Gasteiger partial charge is 0.305 e. The van der Waals surface area contributed by atoms with E-state index in [0.29, 0.717) is 17.4 Å². The second-order valence-electron chi connectivity index (χ2n) is 7.72. The number of carbonyl (C=O) groups excluding carboxylic acids is 1. The van der Waals surface area contributed by atoms with E-state index in [0.717, 1.165) is 18.8 Å². The molecule has 136 valence electrons. The van der Waals surface area contributed by atoms with Crippen molar-refractivity contribution in [1.82, 2.24) is 15.1 Å². The summed E-state index contributed by atoms with van der Waals surface area (Å²) in [6.07, 6.45) is 0. The summed E-state index contributed by atoms with van der Waals surface area (Å²) >= 11 is 0. The van der Waals surface area contributed by atoms with Crippen LogP contribution in [0.4, 0.5) is 5.82 Å². The normalized spacial score (nSPS) is 12.0. The lowest BCUT2D eigenvalue weighted by molar-refractivity contribution is 0.102. The lowest BCUT2D eigenvalue weighted by Crippen LogP contribution is -2.29. The average molecular weight is 342 g/mol. The summed E-state index contributed by atoms with van der Waals surface area (Å²) in [4.78, 5) is 14.8. The van der Waals surface area contributed by atoms with Crippen LogP contribution >= 0.6 is 0 Å². The maximum Gasteiger partial charge on any atom is 0.256 e. The van der Waals surface area contributed by atoms with Crippen molar-refractivity contribution in [1.29, 1.82) is 0 Å². The Bertz CT molecular complexity index is 695. The molecule has 0 aliphatic heterocycles. The molecule has 0 bridgehead atoms. The molecule has 0 aliphatic rings. The molecule has 5 nitrogen and oxygen atoms in total. The first-order valence-electron chi connectivity index (χ1n) is 8.91. The molecule has 2 rings (SSSR count). The number of anilines is 1. The highest BCUT2D eigenvalue weighted by Gasteiger charge is 2.17. The average Bonchev–Trinajstić information content (AvgIpc) is 3.01. The summed E-state index contributed by atoms with van der Waals surface area (Å²) in [5.74, 6) is 0.408. The van der Waals surface area contributed by atoms with E-state index in [1.807, 2.05) is 30.3 Å². The molecule has 0 saturated carbocycles. The molecule has 1 amide bonds. The first-order chi connectivity index (χ1) is 11.7. The van der Waals surface area contributed by atoms with Crippen molar-refractivity contribution >= 4 is 11.7 Å². The van der Waals surface area contributed by atoms with Gasteiger partial charge in [0.05, 0.1) is 0 Å². The van der Waals surface area contributed by atoms with Crippen molar-refractivity contribution in [2.75, 3.05) is 11.9 Å². The Morgan fingerprint density at radius 3 is 2.36 bits per heavy atom. The van der Waals surface area contributed by atoms with Crippen LogP contribution in [0.5, 0.6) is 0 Å². The van der Waals surface area contributed by atoms with Gasteiger partial charge in [-0.15, -0.1) is 0 Å². The molecule has 0 fully saturated rings. The predicted molar refractivity (Wildman–Crippen MR) is 103 cm³/mol. The molecule has 0 atom stereocenters. The van der Waals surface area contributed by atoms with E-state index < -0.39 is 0 Å². The number of hydrogen-bond donors (Lipinski definition) is 2. The zero-order valence-corrected chi connectivity index (χ0v) is 16.2. The van der Waals surface area contributed by atoms with Crippen LogP contribution in [0.3, 0.4) is 0 Å². The fourth-order valence-corrected chi connectivity index (χ4v) is 2.61. The summed E-state index contributed by atoms with van der Waals surface area (Å²) in [7, 11) is 0. The molecule has 0 unspecified atom stereocenters. The molecule has 1 aromatic heterocycles. The van der Waals surface area contributed by atoms with Gasteiger partial charge in [-0.3, -0.25) is 14.8 Å². The molecule has 25 heavy (non-hydrogen) atoms. The molecule has 0 aliphatic carbocycles. The number of amides is 1. The van der Waals surface area contributed by atoms with Crippen LogP contribution in [0.2, 0.25) is 0 Å². The fourth-order valence-electron chi connectivity index (χ4n) is 2.61. The van der Waals surface area contributed by atoms with Gasteiger partial charge in [-0.05, 0) is 38.1 Å². The van der Waals surface area contributed by atoms with E-state index in [2.05, 4.69) is 62.0 Å². The Kier molecular flexibility index (Phi) is 6.01. The van der Waals surface area contributed by atoms with Crippen molar-refractivity contribution in [3.05, 3.63) is 47.2 Å². The van der Waals surface area contributed by atoms with Gasteiger partial charge in [-0.25, -0.2) is 0 Å². The van der Waals surface area contributed by atoms with Crippen molar-refractivity contribution in [2.24, 2.45) is 0 Å². The van der Waals surface area contributed by atoms with Gasteiger partial charge in [0, 0.05) is 35.3 Å². The first kappa shape index (κ1) is 19.2. The molecule has 2 aromatic rings. The van der Waals surface area contributed by atoms with Crippen LogP contribution in [0.25, 0.3) is 0 Å². The van der Waals surface area contributed by atoms with Gasteiger partial charge in [0.15, 0.2) is 5.82 Å². The standard InChI is InChI=1S/C20H30N4O/c1-7-24(14(2)3)13-15-8-10-16(11-9-15)19(25)21-18-12-17(22-23-18)20(4,5)6/h8-12,14H,7,13H2,1-6H3,(H2,21,22,23,25). The highest BCUT2D eigenvalue weighted by molar-refractivity contribution is 6.03. The van der Waals surface area contributed by atoms with Crippen LogP contribution in [0, 0.1) is 0 Å². The Morgan fingerprint density at radius 2 is 1.88 bits per heavy atom. The molecule has 0 saturated heterocycles. The Morgan fingerprint density at radius 1 is 1.24 bits per heavy atom. The third kappa shape index (κ3) is 5.16. The summed E-state index contributed by atoms with van der Waals surface area (Å²) < 4.78 is 0. The number of benzene rings is 1.